The van der Waals surface area contributed by atoms with Crippen molar-refractivity contribution >= 4 is 32.5 Å². The van der Waals surface area contributed by atoms with Crippen molar-refractivity contribution in [3.8, 4) is 0 Å². The summed E-state index contributed by atoms with van der Waals surface area (Å²) in [5.74, 6) is -0.326. The van der Waals surface area contributed by atoms with E-state index >= 15 is 0 Å². The van der Waals surface area contributed by atoms with Gasteiger partial charge in [0.15, 0.2) is 0 Å². The van der Waals surface area contributed by atoms with Gasteiger partial charge in [0.2, 0.25) is 0 Å². The Labute approximate surface area is 163 Å². The van der Waals surface area contributed by atoms with Crippen LogP contribution in [0.1, 0.15) is 98.8 Å². The van der Waals surface area contributed by atoms with Crippen LogP contribution in [0.15, 0.2) is 0 Å². The first-order valence-electron chi connectivity index (χ1n) is 10.4. The van der Waals surface area contributed by atoms with Crippen molar-refractivity contribution in [1.29, 1.82) is 0 Å². The third-order valence-corrected chi connectivity index (χ3v) is 10.1. The Kier molecular flexibility index (Phi) is 15.8. The summed E-state index contributed by atoms with van der Waals surface area (Å²) in [6.07, 6.45) is 9.59. The molecule has 148 valence electrons. The molecule has 2 unspecified atom stereocenters. The van der Waals surface area contributed by atoms with Gasteiger partial charge in [0, 0.05) is 0 Å². The van der Waals surface area contributed by atoms with Gasteiger partial charge in [-0.1, -0.05) is 0 Å². The van der Waals surface area contributed by atoms with Crippen molar-refractivity contribution in [2.45, 2.75) is 103 Å². The molecule has 0 rings (SSSR count). The van der Waals surface area contributed by atoms with Crippen LogP contribution in [0, 0.1) is 11.8 Å². The fourth-order valence-corrected chi connectivity index (χ4v) is 8.35. The van der Waals surface area contributed by atoms with Crippen LogP contribution in [0.25, 0.3) is 0 Å². The molecule has 0 aliphatic rings. The Balaban J connectivity index is 4.75. The molecular formula is C20H40O4Sn. The Morgan fingerprint density at radius 1 is 0.720 bits per heavy atom. The Morgan fingerprint density at radius 3 is 1.44 bits per heavy atom. The third kappa shape index (κ3) is 11.1. The van der Waals surface area contributed by atoms with Crippen molar-refractivity contribution < 1.29 is 15.7 Å². The second-order valence-electron chi connectivity index (χ2n) is 6.94. The summed E-state index contributed by atoms with van der Waals surface area (Å²) in [6.45, 7) is 10.4. The molecule has 0 spiro atoms. The van der Waals surface area contributed by atoms with Gasteiger partial charge < -0.3 is 0 Å². The molecule has 25 heavy (non-hydrogen) atoms. The molecule has 0 saturated heterocycles. The quantitative estimate of drug-likeness (QED) is 0.300. The van der Waals surface area contributed by atoms with Gasteiger partial charge in [0.25, 0.3) is 0 Å². The number of carbonyl (C=O) groups is 2. The first-order chi connectivity index (χ1) is 12.0. The van der Waals surface area contributed by atoms with Crippen molar-refractivity contribution in [2.75, 3.05) is 0 Å². The van der Waals surface area contributed by atoms with E-state index in [0.29, 0.717) is 0 Å². The van der Waals surface area contributed by atoms with E-state index in [9.17, 15) is 9.59 Å². The normalized spacial score (nSPS) is 14.6. The van der Waals surface area contributed by atoms with E-state index in [4.69, 9.17) is 6.15 Å². The Hall–Kier alpha value is -0.261. The summed E-state index contributed by atoms with van der Waals surface area (Å²) in [5.41, 5.74) is 0. The van der Waals surface area contributed by atoms with Gasteiger partial charge in [0.05, 0.1) is 0 Å². The van der Waals surface area contributed by atoms with Crippen LogP contribution in [0.4, 0.5) is 0 Å². The maximum atomic E-state index is 12.5. The average molecular weight is 463 g/mol. The van der Waals surface area contributed by atoms with Gasteiger partial charge in [-0.25, -0.2) is 0 Å². The molecule has 2 atom stereocenters. The maximum absolute atomic E-state index is 12.5. The van der Waals surface area contributed by atoms with E-state index in [1.54, 1.807) is 0 Å². The molecule has 5 heteroatoms. The third-order valence-electron chi connectivity index (χ3n) is 4.75. The summed E-state index contributed by atoms with van der Waals surface area (Å²) >= 11 is -3.06. The molecule has 0 aliphatic carbocycles. The molecule has 0 N–H and O–H groups in total. The summed E-state index contributed by atoms with van der Waals surface area (Å²) < 4.78 is 12.4. The number of carbonyl (C=O) groups excluding carboxylic acids is 2. The summed E-state index contributed by atoms with van der Waals surface area (Å²) in [7, 11) is 0. The summed E-state index contributed by atoms with van der Waals surface area (Å²) in [6, 6.07) is 0. The first kappa shape index (κ1) is 24.7. The molecule has 4 nitrogen and oxygen atoms in total. The molecule has 0 saturated carbocycles. The van der Waals surface area contributed by atoms with Crippen LogP contribution >= 0.6 is 0 Å². The standard InChI is InChI=1S/2C8H16O2.C4H9.Sn.H/c2*1-3-5-6-7(4-2)8(9)10;1-3-4-2;;/h2*7H,3-6H2,1-2H3,(H,9,10);1,3-4H2,2H3;;/q;;;+2;/p-2. The van der Waals surface area contributed by atoms with Gasteiger partial charge in [0.1, 0.15) is 0 Å². The van der Waals surface area contributed by atoms with E-state index in [2.05, 4.69) is 20.8 Å². The number of hydrogen-bond donors (Lipinski definition) is 0. The predicted octanol–water partition coefficient (Wildman–Crippen LogP) is 5.53. The summed E-state index contributed by atoms with van der Waals surface area (Å²) in [4.78, 5) is 25.0. The molecular weight excluding hydrogens is 423 g/mol. The van der Waals surface area contributed by atoms with Crippen molar-refractivity contribution in [1.82, 2.24) is 0 Å². The van der Waals surface area contributed by atoms with Gasteiger partial charge in [-0.3, -0.25) is 0 Å². The second-order valence-corrected chi connectivity index (χ2v) is 12.4. The molecule has 0 radical (unpaired) electrons. The monoisotopic (exact) mass is 464 g/mol. The molecule has 0 fully saturated rings. The SMILES string of the molecule is CCCCC(CC)C(=O)[O][SnH]([CH2]CCC)[O]C(=O)C(CC)CCCC. The predicted molar refractivity (Wildman–Crippen MR) is 106 cm³/mol. The minimum atomic E-state index is -3.06. The van der Waals surface area contributed by atoms with Crippen LogP contribution < -0.4 is 0 Å². The number of hydrogen-bond acceptors (Lipinski definition) is 4. The van der Waals surface area contributed by atoms with E-state index in [1.165, 1.54) is 0 Å². The molecule has 0 heterocycles. The van der Waals surface area contributed by atoms with E-state index < -0.39 is 20.6 Å². The zero-order valence-electron chi connectivity index (χ0n) is 17.1. The van der Waals surface area contributed by atoms with Crippen molar-refractivity contribution in [3.63, 3.8) is 0 Å². The average Bonchev–Trinajstić information content (AvgIpc) is 2.60. The first-order valence-corrected chi connectivity index (χ1v) is 15.5. The molecule has 0 aromatic carbocycles. The van der Waals surface area contributed by atoms with Gasteiger partial charge in [-0.2, -0.15) is 0 Å². The Morgan fingerprint density at radius 2 is 1.12 bits per heavy atom. The van der Waals surface area contributed by atoms with Crippen LogP contribution in [0.5, 0.6) is 0 Å². The topological polar surface area (TPSA) is 52.6 Å². The molecule has 0 amide bonds. The zero-order valence-corrected chi connectivity index (χ0v) is 20.4. The van der Waals surface area contributed by atoms with Crippen LogP contribution in [-0.2, 0) is 15.7 Å². The summed E-state index contributed by atoms with van der Waals surface area (Å²) in [5, 5.41) is 0. The van der Waals surface area contributed by atoms with E-state index in [-0.39, 0.29) is 23.8 Å². The molecule has 0 bridgehead atoms. The molecule has 0 aromatic rings. The number of rotatable bonds is 15. The van der Waals surface area contributed by atoms with E-state index in [1.807, 2.05) is 13.8 Å². The fourth-order valence-electron chi connectivity index (χ4n) is 2.84. The van der Waals surface area contributed by atoms with Crippen LogP contribution in [0.3, 0.4) is 0 Å². The zero-order chi connectivity index (χ0) is 19.1. The second kappa shape index (κ2) is 16.0. The minimum absolute atomic E-state index is 0.0402. The van der Waals surface area contributed by atoms with Crippen molar-refractivity contribution in [3.05, 3.63) is 0 Å². The van der Waals surface area contributed by atoms with Crippen LogP contribution in [-0.4, -0.2) is 32.5 Å². The van der Waals surface area contributed by atoms with Gasteiger partial charge in [-0.15, -0.1) is 0 Å². The van der Waals surface area contributed by atoms with Crippen molar-refractivity contribution in [2.24, 2.45) is 11.8 Å². The van der Waals surface area contributed by atoms with E-state index in [0.717, 1.165) is 68.6 Å². The number of unbranched alkanes of at least 4 members (excludes halogenated alkanes) is 3. The van der Waals surface area contributed by atoms with Gasteiger partial charge >= 0.3 is 163 Å². The Bertz CT molecular complexity index is 330. The molecule has 0 aliphatic heterocycles. The van der Waals surface area contributed by atoms with Gasteiger partial charge in [-0.05, 0) is 0 Å². The van der Waals surface area contributed by atoms with Crippen LogP contribution in [0.2, 0.25) is 4.44 Å². The fraction of sp³-hybridized carbons (Fsp3) is 0.900. The molecule has 0 aromatic heterocycles.